The third kappa shape index (κ3) is 4.66. The third-order valence-corrected chi connectivity index (χ3v) is 3.87. The molecule has 1 aromatic carbocycles. The maximum absolute atomic E-state index is 10.9. The van der Waals surface area contributed by atoms with Crippen molar-refractivity contribution in [2.45, 2.75) is 13.0 Å². The van der Waals surface area contributed by atoms with Gasteiger partial charge in [0.15, 0.2) is 5.75 Å². The highest BCUT2D eigenvalue weighted by atomic mass is 16.6. The van der Waals surface area contributed by atoms with E-state index in [1.165, 1.54) is 6.07 Å². The van der Waals surface area contributed by atoms with Crippen LogP contribution in [0, 0.1) is 10.1 Å². The van der Waals surface area contributed by atoms with Crippen LogP contribution >= 0.6 is 0 Å². The second-order valence-electron chi connectivity index (χ2n) is 5.42. The van der Waals surface area contributed by atoms with Crippen LogP contribution in [0.4, 0.5) is 5.69 Å². The quantitative estimate of drug-likeness (QED) is 0.597. The highest BCUT2D eigenvalue weighted by Gasteiger charge is 2.20. The topological polar surface area (TPSA) is 79.1 Å². The zero-order chi connectivity index (χ0) is 15.9. The van der Waals surface area contributed by atoms with Crippen LogP contribution in [-0.2, 0) is 0 Å². The second kappa shape index (κ2) is 8.07. The first-order valence-electron chi connectivity index (χ1n) is 7.59. The molecule has 0 spiro atoms. The van der Waals surface area contributed by atoms with Crippen LogP contribution in [0.1, 0.15) is 6.92 Å². The van der Waals surface area contributed by atoms with Gasteiger partial charge in [-0.15, -0.1) is 0 Å². The molecule has 0 unspecified atom stereocenters. The van der Waals surface area contributed by atoms with Crippen molar-refractivity contribution in [2.75, 3.05) is 45.9 Å². The summed E-state index contributed by atoms with van der Waals surface area (Å²) in [6, 6.07) is 6.21. The molecule has 1 heterocycles. The van der Waals surface area contributed by atoms with Gasteiger partial charge in [0.05, 0.1) is 4.92 Å². The zero-order valence-corrected chi connectivity index (χ0v) is 12.9. The van der Waals surface area contributed by atoms with Gasteiger partial charge in [0.1, 0.15) is 12.7 Å². The van der Waals surface area contributed by atoms with Crippen molar-refractivity contribution in [3.8, 4) is 5.75 Å². The summed E-state index contributed by atoms with van der Waals surface area (Å²) in [6.07, 6.45) is -0.659. The van der Waals surface area contributed by atoms with Crippen LogP contribution in [0.25, 0.3) is 0 Å². The summed E-state index contributed by atoms with van der Waals surface area (Å²) in [5.74, 6) is 0.197. The van der Waals surface area contributed by atoms with Gasteiger partial charge in [-0.05, 0) is 12.6 Å². The minimum atomic E-state index is -0.659. The summed E-state index contributed by atoms with van der Waals surface area (Å²) in [7, 11) is 0. The Morgan fingerprint density at radius 3 is 2.55 bits per heavy atom. The van der Waals surface area contributed by atoms with Gasteiger partial charge in [-0.1, -0.05) is 19.1 Å². The number of para-hydroxylation sites is 2. The minimum Gasteiger partial charge on any atom is -0.484 e. The van der Waals surface area contributed by atoms with E-state index in [0.717, 1.165) is 32.7 Å². The fourth-order valence-corrected chi connectivity index (χ4v) is 2.55. The molecular formula is C15H23N3O4. The van der Waals surface area contributed by atoms with Crippen molar-refractivity contribution in [1.82, 2.24) is 9.80 Å². The Morgan fingerprint density at radius 2 is 1.91 bits per heavy atom. The van der Waals surface area contributed by atoms with E-state index in [9.17, 15) is 15.2 Å². The normalized spacial score (nSPS) is 18.1. The van der Waals surface area contributed by atoms with Gasteiger partial charge in [0.25, 0.3) is 0 Å². The largest absolute Gasteiger partial charge is 0.484 e. The molecule has 0 aromatic heterocycles. The number of nitrogens with zero attached hydrogens (tertiary/aromatic N) is 3. The lowest BCUT2D eigenvalue weighted by Gasteiger charge is -2.34. The average Bonchev–Trinajstić information content (AvgIpc) is 2.54. The van der Waals surface area contributed by atoms with E-state index in [-0.39, 0.29) is 18.0 Å². The fraction of sp³-hybridized carbons (Fsp3) is 0.600. The van der Waals surface area contributed by atoms with Crippen molar-refractivity contribution in [1.29, 1.82) is 0 Å². The van der Waals surface area contributed by atoms with Gasteiger partial charge >= 0.3 is 5.69 Å². The lowest BCUT2D eigenvalue weighted by atomic mass is 10.2. The van der Waals surface area contributed by atoms with Crippen LogP contribution < -0.4 is 4.74 Å². The van der Waals surface area contributed by atoms with Crippen molar-refractivity contribution in [2.24, 2.45) is 0 Å². The molecule has 1 aliphatic rings. The van der Waals surface area contributed by atoms with E-state index >= 15 is 0 Å². The molecule has 0 radical (unpaired) electrons. The third-order valence-electron chi connectivity index (χ3n) is 3.87. The number of benzene rings is 1. The molecule has 1 aromatic rings. The molecule has 1 N–H and O–H groups in total. The van der Waals surface area contributed by atoms with E-state index in [1.807, 2.05) is 0 Å². The lowest BCUT2D eigenvalue weighted by molar-refractivity contribution is -0.385. The van der Waals surface area contributed by atoms with Crippen LogP contribution in [0.2, 0.25) is 0 Å². The molecule has 2 rings (SSSR count). The highest BCUT2D eigenvalue weighted by molar-refractivity contribution is 5.45. The predicted molar refractivity (Wildman–Crippen MR) is 83.2 cm³/mol. The van der Waals surface area contributed by atoms with Crippen molar-refractivity contribution in [3.05, 3.63) is 34.4 Å². The first kappa shape index (κ1) is 16.7. The summed E-state index contributed by atoms with van der Waals surface area (Å²) in [4.78, 5) is 15.0. The number of ether oxygens (including phenoxy) is 1. The number of aliphatic hydroxyl groups is 1. The first-order chi connectivity index (χ1) is 10.6. The number of rotatable bonds is 7. The SMILES string of the molecule is CCN1CCN(C[C@@H](O)COc2ccccc2[N+](=O)[O-])CC1. The monoisotopic (exact) mass is 309 g/mol. The van der Waals surface area contributed by atoms with Crippen LogP contribution in [0.15, 0.2) is 24.3 Å². The first-order valence-corrected chi connectivity index (χ1v) is 7.59. The van der Waals surface area contributed by atoms with Gasteiger partial charge in [-0.3, -0.25) is 15.0 Å². The smallest absolute Gasteiger partial charge is 0.310 e. The van der Waals surface area contributed by atoms with Gasteiger partial charge in [-0.2, -0.15) is 0 Å². The van der Waals surface area contributed by atoms with E-state index in [1.54, 1.807) is 18.2 Å². The number of β-amino-alcohol motifs (C(OH)–C–C–N with tert-alkyl or cyclic N) is 1. The number of piperazine rings is 1. The van der Waals surface area contributed by atoms with Crippen LogP contribution in [0.3, 0.4) is 0 Å². The van der Waals surface area contributed by atoms with Crippen molar-refractivity contribution < 1.29 is 14.8 Å². The molecule has 7 nitrogen and oxygen atoms in total. The van der Waals surface area contributed by atoms with E-state index < -0.39 is 11.0 Å². The van der Waals surface area contributed by atoms with Crippen molar-refractivity contribution in [3.63, 3.8) is 0 Å². The number of hydrogen-bond acceptors (Lipinski definition) is 6. The molecule has 0 bridgehead atoms. The molecule has 0 aliphatic carbocycles. The molecule has 1 aliphatic heterocycles. The summed E-state index contributed by atoms with van der Waals surface area (Å²) in [5.41, 5.74) is -0.0775. The van der Waals surface area contributed by atoms with E-state index in [0.29, 0.717) is 6.54 Å². The molecule has 22 heavy (non-hydrogen) atoms. The van der Waals surface area contributed by atoms with Gasteiger partial charge in [0.2, 0.25) is 0 Å². The Hall–Kier alpha value is -1.70. The lowest BCUT2D eigenvalue weighted by Crippen LogP contribution is -2.49. The Bertz CT molecular complexity index is 489. The van der Waals surface area contributed by atoms with E-state index in [2.05, 4.69) is 16.7 Å². The minimum absolute atomic E-state index is 0.0544. The number of nitro benzene ring substituents is 1. The summed E-state index contributed by atoms with van der Waals surface area (Å²) in [5, 5.41) is 21.0. The standard InChI is InChI=1S/C15H23N3O4/c1-2-16-7-9-17(10-8-16)11-13(19)12-22-15-6-4-3-5-14(15)18(20)21/h3-6,13,19H,2,7-12H2,1H3/t13-/m1/s1. The fourth-order valence-electron chi connectivity index (χ4n) is 2.55. The van der Waals surface area contributed by atoms with Gasteiger partial charge < -0.3 is 14.7 Å². The number of hydrogen-bond donors (Lipinski definition) is 1. The Kier molecular flexibility index (Phi) is 6.11. The number of aliphatic hydroxyl groups excluding tert-OH is 1. The van der Waals surface area contributed by atoms with Gasteiger partial charge in [-0.25, -0.2) is 0 Å². The molecule has 0 amide bonds. The Labute approximate surface area is 130 Å². The molecule has 0 saturated carbocycles. The van der Waals surface area contributed by atoms with Crippen LogP contribution in [-0.4, -0.2) is 71.8 Å². The summed E-state index contributed by atoms with van der Waals surface area (Å²) in [6.45, 7) is 7.65. The summed E-state index contributed by atoms with van der Waals surface area (Å²) < 4.78 is 5.42. The van der Waals surface area contributed by atoms with E-state index in [4.69, 9.17) is 4.74 Å². The second-order valence-corrected chi connectivity index (χ2v) is 5.42. The molecule has 1 saturated heterocycles. The molecule has 1 atom stereocenters. The molecule has 1 fully saturated rings. The number of nitro groups is 1. The molecule has 7 heteroatoms. The highest BCUT2D eigenvalue weighted by Crippen LogP contribution is 2.25. The molecule has 122 valence electrons. The maximum atomic E-state index is 10.9. The number of likely N-dealkylation sites (N-methyl/N-ethyl adjacent to an activating group) is 1. The predicted octanol–water partition coefficient (Wildman–Crippen LogP) is 0.972. The maximum Gasteiger partial charge on any atom is 0.310 e. The van der Waals surface area contributed by atoms with Gasteiger partial charge in [0, 0.05) is 38.8 Å². The Balaban J connectivity index is 1.79. The summed E-state index contributed by atoms with van der Waals surface area (Å²) >= 11 is 0. The molecular weight excluding hydrogens is 286 g/mol. The zero-order valence-electron chi connectivity index (χ0n) is 12.9. The Morgan fingerprint density at radius 1 is 1.27 bits per heavy atom. The van der Waals surface area contributed by atoms with Crippen LogP contribution in [0.5, 0.6) is 5.75 Å². The average molecular weight is 309 g/mol. The van der Waals surface area contributed by atoms with Crippen molar-refractivity contribution >= 4 is 5.69 Å².